The Morgan fingerprint density at radius 1 is 1.13 bits per heavy atom. The first kappa shape index (κ1) is 15.1. The van der Waals surface area contributed by atoms with Gasteiger partial charge in [0.05, 0.1) is 12.2 Å². The molecule has 23 heavy (non-hydrogen) atoms. The minimum atomic E-state index is -0.151. The third-order valence-corrected chi connectivity index (χ3v) is 4.04. The van der Waals surface area contributed by atoms with Crippen LogP contribution < -0.4 is 0 Å². The second kappa shape index (κ2) is 6.56. The van der Waals surface area contributed by atoms with E-state index in [4.69, 9.17) is 0 Å². The fraction of sp³-hybridized carbons (Fsp3) is 0.294. The zero-order valence-corrected chi connectivity index (χ0v) is 12.9. The Labute approximate surface area is 134 Å². The van der Waals surface area contributed by atoms with Gasteiger partial charge in [-0.3, -0.25) is 14.6 Å². The smallest absolute Gasteiger partial charge is 0.274 e. The molecule has 1 aromatic heterocycles. The van der Waals surface area contributed by atoms with Gasteiger partial charge in [-0.2, -0.15) is 0 Å². The van der Waals surface area contributed by atoms with Crippen molar-refractivity contribution in [2.75, 3.05) is 19.6 Å². The highest BCUT2D eigenvalue weighted by Gasteiger charge is 2.32. The molecule has 6 nitrogen and oxygen atoms in total. The first-order valence-electron chi connectivity index (χ1n) is 7.54. The highest BCUT2D eigenvalue weighted by atomic mass is 16.2. The lowest BCUT2D eigenvalue weighted by molar-refractivity contribution is -0.133. The van der Waals surface area contributed by atoms with Crippen molar-refractivity contribution in [2.24, 2.45) is 0 Å². The van der Waals surface area contributed by atoms with Gasteiger partial charge in [0, 0.05) is 39.0 Å². The molecule has 2 amide bonds. The summed E-state index contributed by atoms with van der Waals surface area (Å²) in [6, 6.07) is 9.65. The van der Waals surface area contributed by atoms with Crippen LogP contribution in [0.1, 0.15) is 29.0 Å². The summed E-state index contributed by atoms with van der Waals surface area (Å²) in [7, 11) is 0. The van der Waals surface area contributed by atoms with Crippen LogP contribution >= 0.6 is 0 Å². The Kier molecular flexibility index (Phi) is 4.32. The lowest BCUT2D eigenvalue weighted by Gasteiger charge is -2.41. The predicted octanol–water partition coefficient (Wildman–Crippen LogP) is 1.52. The number of piperazine rings is 1. The van der Waals surface area contributed by atoms with Crippen LogP contribution in [0.4, 0.5) is 0 Å². The normalized spacial score (nSPS) is 17.9. The van der Waals surface area contributed by atoms with E-state index in [0.717, 1.165) is 5.56 Å². The fourth-order valence-electron chi connectivity index (χ4n) is 2.88. The number of amides is 2. The number of aromatic nitrogens is 2. The standard InChI is InChI=1S/C17H18N4O2/c1-13(22)21-10-9-20(17(23)15-11-18-7-8-19-15)12-16(21)14-5-3-2-4-6-14/h2-8,11,16H,9-10,12H2,1H3/t16-/m1/s1. The number of nitrogens with zero attached hydrogens (tertiary/aromatic N) is 4. The van der Waals surface area contributed by atoms with Gasteiger partial charge in [-0.15, -0.1) is 0 Å². The topological polar surface area (TPSA) is 66.4 Å². The quantitative estimate of drug-likeness (QED) is 0.843. The van der Waals surface area contributed by atoms with Gasteiger partial charge in [0.25, 0.3) is 5.91 Å². The van der Waals surface area contributed by atoms with Crippen LogP contribution in [0.25, 0.3) is 0 Å². The van der Waals surface area contributed by atoms with E-state index in [1.165, 1.54) is 18.6 Å². The number of hydrogen-bond acceptors (Lipinski definition) is 4. The fourth-order valence-corrected chi connectivity index (χ4v) is 2.88. The van der Waals surface area contributed by atoms with Crippen molar-refractivity contribution in [3.05, 3.63) is 60.2 Å². The maximum Gasteiger partial charge on any atom is 0.274 e. The van der Waals surface area contributed by atoms with E-state index < -0.39 is 0 Å². The molecule has 1 aliphatic rings. The molecule has 6 heteroatoms. The highest BCUT2D eigenvalue weighted by Crippen LogP contribution is 2.26. The molecule has 1 saturated heterocycles. The molecular formula is C17H18N4O2. The summed E-state index contributed by atoms with van der Waals surface area (Å²) in [5, 5.41) is 0. The van der Waals surface area contributed by atoms with Gasteiger partial charge >= 0.3 is 0 Å². The van der Waals surface area contributed by atoms with Crippen molar-refractivity contribution >= 4 is 11.8 Å². The minimum absolute atomic E-state index is 0.0189. The van der Waals surface area contributed by atoms with E-state index >= 15 is 0 Å². The molecule has 0 saturated carbocycles. The lowest BCUT2D eigenvalue weighted by atomic mass is 10.0. The van der Waals surface area contributed by atoms with E-state index in [2.05, 4.69) is 9.97 Å². The summed E-state index contributed by atoms with van der Waals surface area (Å²) in [6.07, 6.45) is 4.52. The van der Waals surface area contributed by atoms with Gasteiger partial charge < -0.3 is 9.80 Å². The second-order valence-electron chi connectivity index (χ2n) is 5.48. The maximum absolute atomic E-state index is 12.6. The van der Waals surface area contributed by atoms with Gasteiger partial charge in [0.15, 0.2) is 0 Å². The minimum Gasteiger partial charge on any atom is -0.333 e. The van der Waals surface area contributed by atoms with Crippen molar-refractivity contribution in [2.45, 2.75) is 13.0 Å². The largest absolute Gasteiger partial charge is 0.333 e. The first-order chi connectivity index (χ1) is 11.2. The summed E-state index contributed by atoms with van der Waals surface area (Å²) >= 11 is 0. The molecule has 0 radical (unpaired) electrons. The van der Waals surface area contributed by atoms with E-state index in [9.17, 15) is 9.59 Å². The first-order valence-corrected chi connectivity index (χ1v) is 7.54. The van der Waals surface area contributed by atoms with Crippen LogP contribution in [0.5, 0.6) is 0 Å². The number of hydrogen-bond donors (Lipinski definition) is 0. The molecule has 2 heterocycles. The summed E-state index contributed by atoms with van der Waals surface area (Å²) < 4.78 is 0. The molecule has 0 aliphatic carbocycles. The Hall–Kier alpha value is -2.76. The zero-order chi connectivity index (χ0) is 16.2. The summed E-state index contributed by atoms with van der Waals surface area (Å²) in [4.78, 5) is 36.1. The van der Waals surface area contributed by atoms with E-state index in [-0.39, 0.29) is 17.9 Å². The van der Waals surface area contributed by atoms with E-state index in [1.807, 2.05) is 35.2 Å². The molecule has 1 aromatic carbocycles. The van der Waals surface area contributed by atoms with E-state index in [0.29, 0.717) is 25.3 Å². The monoisotopic (exact) mass is 310 g/mol. The average Bonchev–Trinajstić information content (AvgIpc) is 2.62. The molecule has 0 unspecified atom stereocenters. The van der Waals surface area contributed by atoms with Crippen LogP contribution in [0.15, 0.2) is 48.9 Å². The van der Waals surface area contributed by atoms with E-state index in [1.54, 1.807) is 11.8 Å². The summed E-state index contributed by atoms with van der Waals surface area (Å²) in [6.45, 7) is 3.04. The second-order valence-corrected chi connectivity index (χ2v) is 5.48. The average molecular weight is 310 g/mol. The van der Waals surface area contributed by atoms with Crippen LogP contribution in [0.2, 0.25) is 0 Å². The lowest BCUT2D eigenvalue weighted by Crippen LogP contribution is -2.52. The molecule has 2 aromatic rings. The van der Waals surface area contributed by atoms with Crippen LogP contribution in [0.3, 0.4) is 0 Å². The van der Waals surface area contributed by atoms with Crippen molar-refractivity contribution < 1.29 is 9.59 Å². The molecule has 0 bridgehead atoms. The van der Waals surface area contributed by atoms with Crippen molar-refractivity contribution in [1.82, 2.24) is 19.8 Å². The number of carbonyl (C=O) groups is 2. The van der Waals surface area contributed by atoms with Crippen LogP contribution in [0, 0.1) is 0 Å². The molecule has 1 fully saturated rings. The SMILES string of the molecule is CC(=O)N1CCN(C(=O)c2cnccn2)C[C@@H]1c1ccccc1. The molecular weight excluding hydrogens is 292 g/mol. The molecule has 3 rings (SSSR count). The molecule has 118 valence electrons. The van der Waals surface area contributed by atoms with Gasteiger partial charge in [0.2, 0.25) is 5.91 Å². The van der Waals surface area contributed by atoms with Gasteiger partial charge in [-0.25, -0.2) is 4.98 Å². The van der Waals surface area contributed by atoms with Crippen LogP contribution in [-0.2, 0) is 4.79 Å². The van der Waals surface area contributed by atoms with Crippen molar-refractivity contribution in [3.8, 4) is 0 Å². The number of carbonyl (C=O) groups excluding carboxylic acids is 2. The third-order valence-electron chi connectivity index (χ3n) is 4.04. The molecule has 0 N–H and O–H groups in total. The molecule has 0 spiro atoms. The Balaban J connectivity index is 1.84. The number of benzene rings is 1. The summed E-state index contributed by atoms with van der Waals surface area (Å²) in [5.41, 5.74) is 1.36. The van der Waals surface area contributed by atoms with Gasteiger partial charge in [0.1, 0.15) is 5.69 Å². The van der Waals surface area contributed by atoms with Gasteiger partial charge in [-0.05, 0) is 5.56 Å². The van der Waals surface area contributed by atoms with Crippen molar-refractivity contribution in [1.29, 1.82) is 0 Å². The van der Waals surface area contributed by atoms with Gasteiger partial charge in [-0.1, -0.05) is 30.3 Å². The highest BCUT2D eigenvalue weighted by molar-refractivity contribution is 5.92. The Morgan fingerprint density at radius 2 is 1.91 bits per heavy atom. The third kappa shape index (κ3) is 3.21. The predicted molar refractivity (Wildman–Crippen MR) is 84.5 cm³/mol. The van der Waals surface area contributed by atoms with Crippen molar-refractivity contribution in [3.63, 3.8) is 0 Å². The maximum atomic E-state index is 12.6. The zero-order valence-electron chi connectivity index (χ0n) is 12.9. The van der Waals surface area contributed by atoms with Crippen LogP contribution in [-0.4, -0.2) is 51.2 Å². The molecule has 1 aliphatic heterocycles. The Morgan fingerprint density at radius 3 is 2.57 bits per heavy atom. The summed E-state index contributed by atoms with van der Waals surface area (Å²) in [5.74, 6) is -0.132. The number of rotatable bonds is 2. The molecule has 1 atom stereocenters. The Bertz CT molecular complexity index is 690.